The fourth-order valence-electron chi connectivity index (χ4n) is 0.612. The lowest BCUT2D eigenvalue weighted by atomic mass is 10.4. The lowest BCUT2D eigenvalue weighted by molar-refractivity contribution is 0.305. The highest BCUT2D eigenvalue weighted by atomic mass is 16.2. The number of rotatable bonds is 1. The lowest BCUT2D eigenvalue weighted by Crippen LogP contribution is -1.92. The van der Waals surface area contributed by atoms with Gasteiger partial charge in [0.2, 0.25) is 0 Å². The molecular formula is C8H9N3O. The van der Waals surface area contributed by atoms with Crippen molar-refractivity contribution in [2.24, 2.45) is 0 Å². The van der Waals surface area contributed by atoms with Crippen LogP contribution >= 0.6 is 0 Å². The van der Waals surface area contributed by atoms with E-state index in [1.807, 2.05) is 0 Å². The summed E-state index contributed by atoms with van der Waals surface area (Å²) in [4.78, 5) is 7.72. The molecule has 0 amide bonds. The monoisotopic (exact) mass is 163 g/mol. The molecule has 0 aliphatic rings. The number of hydrogen-bond donors (Lipinski definition) is 2. The third-order valence-corrected chi connectivity index (χ3v) is 1.13. The van der Waals surface area contributed by atoms with E-state index in [0.717, 1.165) is 0 Å². The molecule has 4 nitrogen and oxygen atoms in total. The fraction of sp³-hybridized carbons (Fsp3) is 0.250. The van der Waals surface area contributed by atoms with Crippen molar-refractivity contribution in [2.75, 3.05) is 12.3 Å². The predicted octanol–water partition coefficient (Wildman–Crippen LogP) is -0.207. The largest absolute Gasteiger partial charge is 0.395 e. The molecule has 0 aliphatic carbocycles. The number of anilines is 1. The predicted molar refractivity (Wildman–Crippen MR) is 45.0 cm³/mol. The second-order valence-electron chi connectivity index (χ2n) is 2.10. The van der Waals surface area contributed by atoms with Crippen molar-refractivity contribution in [3.8, 4) is 11.8 Å². The minimum Gasteiger partial charge on any atom is -0.395 e. The maximum atomic E-state index is 8.43. The molecule has 1 aromatic rings. The van der Waals surface area contributed by atoms with Crippen LogP contribution in [0.4, 0.5) is 5.82 Å². The Labute approximate surface area is 70.5 Å². The van der Waals surface area contributed by atoms with E-state index in [1.54, 1.807) is 0 Å². The van der Waals surface area contributed by atoms with Crippen LogP contribution in [0.1, 0.15) is 12.1 Å². The second-order valence-corrected chi connectivity index (χ2v) is 2.10. The maximum absolute atomic E-state index is 8.43. The van der Waals surface area contributed by atoms with Gasteiger partial charge < -0.3 is 10.8 Å². The van der Waals surface area contributed by atoms with Crippen molar-refractivity contribution in [1.82, 2.24) is 9.97 Å². The van der Waals surface area contributed by atoms with Crippen molar-refractivity contribution in [2.45, 2.75) is 6.42 Å². The van der Waals surface area contributed by atoms with E-state index in [2.05, 4.69) is 21.8 Å². The van der Waals surface area contributed by atoms with Crippen LogP contribution in [0.15, 0.2) is 12.4 Å². The second kappa shape index (κ2) is 4.31. The first-order chi connectivity index (χ1) is 5.83. The summed E-state index contributed by atoms with van der Waals surface area (Å²) in [6.07, 6.45) is 3.40. The zero-order valence-corrected chi connectivity index (χ0v) is 6.49. The van der Waals surface area contributed by atoms with Gasteiger partial charge in [-0.1, -0.05) is 5.92 Å². The summed E-state index contributed by atoms with van der Waals surface area (Å²) in [5, 5.41) is 8.43. The van der Waals surface area contributed by atoms with Gasteiger partial charge in [0.1, 0.15) is 11.5 Å². The Morgan fingerprint density at radius 2 is 2.25 bits per heavy atom. The molecule has 3 N–H and O–H groups in total. The number of nitrogens with zero attached hydrogens (tertiary/aromatic N) is 2. The van der Waals surface area contributed by atoms with Crippen molar-refractivity contribution < 1.29 is 5.11 Å². The molecule has 0 fully saturated rings. The molecule has 1 heterocycles. The number of aromatic nitrogens is 2. The highest BCUT2D eigenvalue weighted by Crippen LogP contribution is 1.93. The van der Waals surface area contributed by atoms with Gasteiger partial charge in [-0.05, 0) is 5.92 Å². The molecule has 0 bridgehead atoms. The Hall–Kier alpha value is -1.60. The lowest BCUT2D eigenvalue weighted by Gasteiger charge is -1.89. The molecule has 4 heteroatoms. The van der Waals surface area contributed by atoms with Gasteiger partial charge in [-0.15, -0.1) is 0 Å². The van der Waals surface area contributed by atoms with Gasteiger partial charge in [0.25, 0.3) is 0 Å². The van der Waals surface area contributed by atoms with E-state index >= 15 is 0 Å². The van der Waals surface area contributed by atoms with Gasteiger partial charge in [0.15, 0.2) is 0 Å². The van der Waals surface area contributed by atoms with E-state index in [9.17, 15) is 0 Å². The van der Waals surface area contributed by atoms with Crippen LogP contribution < -0.4 is 5.73 Å². The van der Waals surface area contributed by atoms with Crippen LogP contribution in [0.25, 0.3) is 0 Å². The normalized spacial score (nSPS) is 8.75. The molecule has 0 spiro atoms. The average molecular weight is 163 g/mol. The summed E-state index contributed by atoms with van der Waals surface area (Å²) in [6, 6.07) is 0. The first kappa shape index (κ1) is 8.50. The SMILES string of the molecule is Nc1cnc(C#CCCO)cn1. The summed E-state index contributed by atoms with van der Waals surface area (Å²) in [7, 11) is 0. The van der Waals surface area contributed by atoms with Crippen LogP contribution in [0.2, 0.25) is 0 Å². The van der Waals surface area contributed by atoms with E-state index in [1.165, 1.54) is 12.4 Å². The van der Waals surface area contributed by atoms with Gasteiger partial charge in [0.05, 0.1) is 19.0 Å². The Balaban J connectivity index is 2.66. The van der Waals surface area contributed by atoms with Gasteiger partial charge in [-0.2, -0.15) is 0 Å². The summed E-state index contributed by atoms with van der Waals surface area (Å²) < 4.78 is 0. The summed E-state index contributed by atoms with van der Waals surface area (Å²) in [6.45, 7) is 0.0649. The van der Waals surface area contributed by atoms with Crippen molar-refractivity contribution in [3.63, 3.8) is 0 Å². The zero-order chi connectivity index (χ0) is 8.81. The van der Waals surface area contributed by atoms with Crippen molar-refractivity contribution in [3.05, 3.63) is 18.1 Å². The Morgan fingerprint density at radius 1 is 1.42 bits per heavy atom. The highest BCUT2D eigenvalue weighted by molar-refractivity contribution is 5.30. The molecule has 0 unspecified atom stereocenters. The number of nitrogens with two attached hydrogens (primary N) is 1. The highest BCUT2D eigenvalue weighted by Gasteiger charge is 1.87. The minimum atomic E-state index is 0.0649. The molecule has 0 saturated carbocycles. The molecule has 0 radical (unpaired) electrons. The first-order valence-corrected chi connectivity index (χ1v) is 3.50. The summed E-state index contributed by atoms with van der Waals surface area (Å²) in [5.41, 5.74) is 5.89. The smallest absolute Gasteiger partial charge is 0.141 e. The van der Waals surface area contributed by atoms with Crippen molar-refractivity contribution in [1.29, 1.82) is 0 Å². The molecule has 0 atom stereocenters. The number of hydrogen-bond acceptors (Lipinski definition) is 4. The van der Waals surface area contributed by atoms with Crippen LogP contribution in [-0.4, -0.2) is 21.7 Å². The Kier molecular flexibility index (Phi) is 3.05. The molecule has 0 aliphatic heterocycles. The molecule has 1 rings (SSSR count). The quantitative estimate of drug-likeness (QED) is 0.562. The van der Waals surface area contributed by atoms with Gasteiger partial charge >= 0.3 is 0 Å². The molecule has 12 heavy (non-hydrogen) atoms. The van der Waals surface area contributed by atoms with Crippen LogP contribution in [0, 0.1) is 11.8 Å². The molecule has 1 aromatic heterocycles. The number of nitrogen functional groups attached to an aromatic ring is 1. The van der Waals surface area contributed by atoms with Crippen LogP contribution in [0.5, 0.6) is 0 Å². The zero-order valence-electron chi connectivity index (χ0n) is 6.49. The standard InChI is InChI=1S/C8H9N3O/c9-8-6-10-7(5-11-8)3-1-2-4-12/h5-6,12H,2,4H2,(H2,9,11). The van der Waals surface area contributed by atoms with Crippen molar-refractivity contribution >= 4 is 5.82 Å². The molecule has 0 aromatic carbocycles. The minimum absolute atomic E-state index is 0.0649. The van der Waals surface area contributed by atoms with Crippen LogP contribution in [0.3, 0.4) is 0 Å². The number of aliphatic hydroxyl groups is 1. The fourth-order valence-corrected chi connectivity index (χ4v) is 0.612. The van der Waals surface area contributed by atoms with E-state index < -0.39 is 0 Å². The summed E-state index contributed by atoms with van der Waals surface area (Å²) >= 11 is 0. The molecule has 0 saturated heterocycles. The van der Waals surface area contributed by atoms with E-state index in [4.69, 9.17) is 10.8 Å². The third kappa shape index (κ3) is 2.56. The van der Waals surface area contributed by atoms with Gasteiger partial charge in [-0.25, -0.2) is 9.97 Å². The summed E-state index contributed by atoms with van der Waals surface area (Å²) in [5.74, 6) is 5.84. The molecule has 62 valence electrons. The average Bonchev–Trinajstić information content (AvgIpc) is 2.09. The maximum Gasteiger partial charge on any atom is 0.141 e. The van der Waals surface area contributed by atoms with E-state index in [-0.39, 0.29) is 6.61 Å². The number of aliphatic hydroxyl groups excluding tert-OH is 1. The topological polar surface area (TPSA) is 72.0 Å². The Morgan fingerprint density at radius 3 is 2.83 bits per heavy atom. The van der Waals surface area contributed by atoms with E-state index in [0.29, 0.717) is 17.9 Å². The van der Waals surface area contributed by atoms with Gasteiger partial charge in [0, 0.05) is 6.42 Å². The Bertz CT molecular complexity index is 296. The van der Waals surface area contributed by atoms with Crippen LogP contribution in [-0.2, 0) is 0 Å². The molecular weight excluding hydrogens is 154 g/mol. The van der Waals surface area contributed by atoms with Gasteiger partial charge in [-0.3, -0.25) is 0 Å². The first-order valence-electron chi connectivity index (χ1n) is 3.50. The third-order valence-electron chi connectivity index (χ3n) is 1.13.